The lowest BCUT2D eigenvalue weighted by molar-refractivity contribution is 0.293. The minimum Gasteiger partial charge on any atom is -0.478 e. The number of aliphatic imine (C=N–C) groups is 2. The van der Waals surface area contributed by atoms with E-state index >= 15 is 0 Å². The van der Waals surface area contributed by atoms with Crippen LogP contribution >= 0.6 is 0 Å². The van der Waals surface area contributed by atoms with Gasteiger partial charge in [-0.05, 0) is 35.8 Å². The minimum atomic E-state index is -0.429. The van der Waals surface area contributed by atoms with Crippen molar-refractivity contribution in [1.29, 1.82) is 0 Å². The second kappa shape index (κ2) is 11.1. The molecule has 38 heavy (non-hydrogen) atoms. The van der Waals surface area contributed by atoms with Gasteiger partial charge in [-0.2, -0.15) is 0 Å². The van der Waals surface area contributed by atoms with E-state index in [0.29, 0.717) is 36.1 Å². The van der Waals surface area contributed by atoms with Gasteiger partial charge in [0.1, 0.15) is 13.2 Å². The summed E-state index contributed by atoms with van der Waals surface area (Å²) in [4.78, 5) is 36.0. The van der Waals surface area contributed by atoms with Crippen molar-refractivity contribution in [1.82, 2.24) is 0 Å². The van der Waals surface area contributed by atoms with Crippen LogP contribution in [0.1, 0.15) is 61.8 Å². The van der Waals surface area contributed by atoms with E-state index in [0.717, 1.165) is 12.8 Å². The third-order valence-electron chi connectivity index (χ3n) is 7.57. The summed E-state index contributed by atoms with van der Waals surface area (Å²) in [5.74, 6) is 0.479. The Balaban J connectivity index is 1.43. The summed E-state index contributed by atoms with van der Waals surface area (Å²) in [6, 6.07) is 20.4. The molecule has 3 aromatic carbocycles. The maximum atomic E-state index is 13.1. The molecule has 4 atom stereocenters. The van der Waals surface area contributed by atoms with E-state index in [1.165, 1.54) is 11.1 Å². The van der Waals surface area contributed by atoms with Crippen molar-refractivity contribution in [2.45, 2.75) is 64.5 Å². The maximum absolute atomic E-state index is 13.1. The van der Waals surface area contributed by atoms with Crippen LogP contribution in [0.2, 0.25) is 0 Å². The summed E-state index contributed by atoms with van der Waals surface area (Å²) in [6.07, 6.45) is 1.55. The van der Waals surface area contributed by atoms with E-state index in [1.807, 2.05) is 64.1 Å². The summed E-state index contributed by atoms with van der Waals surface area (Å²) in [5, 5.41) is 0. The highest BCUT2D eigenvalue weighted by Crippen LogP contribution is 2.37. The Kier molecular flexibility index (Phi) is 7.59. The Labute approximate surface area is 224 Å². The number of nitrogens with zero attached hydrogens (tertiary/aromatic N) is 2. The molecule has 0 saturated heterocycles. The molecule has 2 aliphatic rings. The molecule has 0 spiro atoms. The average Bonchev–Trinajstić information content (AvgIpc) is 3.56. The molecule has 0 radical (unpaired) electrons. The van der Waals surface area contributed by atoms with Crippen molar-refractivity contribution in [3.63, 3.8) is 0 Å². The fourth-order valence-electron chi connectivity index (χ4n) is 5.72. The minimum absolute atomic E-state index is 0.00855. The fourth-order valence-corrected chi connectivity index (χ4v) is 5.72. The second-order valence-corrected chi connectivity index (χ2v) is 11.2. The van der Waals surface area contributed by atoms with Crippen LogP contribution in [0.5, 0.6) is 0 Å². The smallest absolute Gasteiger partial charge is 0.230 e. The molecule has 0 N–H and O–H groups in total. The first-order chi connectivity index (χ1) is 18.3. The summed E-state index contributed by atoms with van der Waals surface area (Å²) in [5.41, 5.74) is 2.59. The van der Waals surface area contributed by atoms with Crippen LogP contribution in [0.3, 0.4) is 0 Å². The van der Waals surface area contributed by atoms with Crippen LogP contribution in [0.25, 0.3) is 0 Å². The van der Waals surface area contributed by atoms with E-state index in [1.54, 1.807) is 0 Å². The lowest BCUT2D eigenvalue weighted by atomic mass is 9.75. The maximum Gasteiger partial charge on any atom is 0.230 e. The molecular formula is C32H36N2O4. The van der Waals surface area contributed by atoms with Gasteiger partial charge in [0.2, 0.25) is 10.9 Å². The highest BCUT2D eigenvalue weighted by Gasteiger charge is 2.42. The van der Waals surface area contributed by atoms with Crippen LogP contribution in [0.15, 0.2) is 80.2 Å². The highest BCUT2D eigenvalue weighted by atomic mass is 16.5. The number of hydrogen-bond donors (Lipinski definition) is 0. The van der Waals surface area contributed by atoms with Crippen molar-refractivity contribution in [3.05, 3.63) is 103 Å². The molecule has 0 saturated carbocycles. The highest BCUT2D eigenvalue weighted by molar-refractivity contribution is 5.90. The monoisotopic (exact) mass is 512 g/mol. The third-order valence-corrected chi connectivity index (χ3v) is 7.57. The molecule has 0 fully saturated rings. The number of benzene rings is 2. The van der Waals surface area contributed by atoms with E-state index in [-0.39, 0.29) is 35.8 Å². The van der Waals surface area contributed by atoms with Crippen LogP contribution in [-0.4, -0.2) is 37.1 Å². The van der Waals surface area contributed by atoms with Crippen molar-refractivity contribution >= 4 is 11.8 Å². The first-order valence-electron chi connectivity index (χ1n) is 13.6. The van der Waals surface area contributed by atoms with Crippen LogP contribution in [-0.2, 0) is 22.3 Å². The van der Waals surface area contributed by atoms with E-state index < -0.39 is 10.9 Å². The summed E-state index contributed by atoms with van der Waals surface area (Å²) in [6.45, 7) is 9.14. The number of rotatable bonds is 10. The number of ether oxygens (including phenoxy) is 2. The standard InChI is InChI=1S/C32H36N2O4/c1-19(2)25(31-33-23(17-37-31)15-21-11-7-5-8-12-21)27-28(30(36)29(27)35)26(20(3)4)32-34-24(18-38-32)16-22-13-9-6-10-14-22/h5-14,19-20,23-26H,15-18H2,1-4H3/t23-,24-,25-,26-/m0/s1. The zero-order valence-corrected chi connectivity index (χ0v) is 22.6. The van der Waals surface area contributed by atoms with Gasteiger partial charge in [0.25, 0.3) is 0 Å². The lowest BCUT2D eigenvalue weighted by Crippen LogP contribution is -2.47. The van der Waals surface area contributed by atoms with Gasteiger partial charge in [-0.15, -0.1) is 0 Å². The fraction of sp³-hybridized carbons (Fsp3) is 0.438. The van der Waals surface area contributed by atoms with Crippen molar-refractivity contribution < 1.29 is 9.47 Å². The Hall–Kier alpha value is -3.54. The van der Waals surface area contributed by atoms with Crippen LogP contribution < -0.4 is 10.9 Å². The van der Waals surface area contributed by atoms with Gasteiger partial charge in [0.05, 0.1) is 23.9 Å². The van der Waals surface area contributed by atoms with Crippen molar-refractivity contribution in [2.24, 2.45) is 21.8 Å². The Morgan fingerprint density at radius 1 is 0.658 bits per heavy atom. The normalized spacial score (nSPS) is 20.8. The lowest BCUT2D eigenvalue weighted by Gasteiger charge is -2.29. The van der Waals surface area contributed by atoms with E-state index in [2.05, 4.69) is 24.3 Å². The van der Waals surface area contributed by atoms with Gasteiger partial charge < -0.3 is 9.47 Å². The van der Waals surface area contributed by atoms with Gasteiger partial charge in [-0.25, -0.2) is 9.98 Å². The summed E-state index contributed by atoms with van der Waals surface area (Å²) >= 11 is 0. The Morgan fingerprint density at radius 3 is 1.37 bits per heavy atom. The molecule has 0 bridgehead atoms. The van der Waals surface area contributed by atoms with E-state index in [4.69, 9.17) is 19.5 Å². The summed E-state index contributed by atoms with van der Waals surface area (Å²) in [7, 11) is 0. The van der Waals surface area contributed by atoms with Crippen LogP contribution in [0.4, 0.5) is 0 Å². The molecule has 0 unspecified atom stereocenters. The average molecular weight is 513 g/mol. The molecule has 0 amide bonds. The first kappa shape index (κ1) is 26.1. The van der Waals surface area contributed by atoms with Gasteiger partial charge in [-0.1, -0.05) is 88.4 Å². The van der Waals surface area contributed by atoms with Crippen molar-refractivity contribution in [3.8, 4) is 0 Å². The third kappa shape index (κ3) is 5.22. The largest absolute Gasteiger partial charge is 0.478 e. The molecule has 6 heteroatoms. The van der Waals surface area contributed by atoms with Gasteiger partial charge in [0, 0.05) is 11.1 Å². The second-order valence-electron chi connectivity index (χ2n) is 11.2. The molecule has 198 valence electrons. The molecule has 2 heterocycles. The van der Waals surface area contributed by atoms with Gasteiger partial charge >= 0.3 is 0 Å². The zero-order valence-electron chi connectivity index (χ0n) is 22.6. The quantitative estimate of drug-likeness (QED) is 0.364. The molecular weight excluding hydrogens is 476 g/mol. The SMILES string of the molecule is CC(C)[C@H](C1=N[C@@H](Cc2ccccc2)CO1)c1c([C@@H](C2=N[C@@H](Cc3ccccc3)CO2)C(C)C)c(=O)c1=O. The topological polar surface area (TPSA) is 77.3 Å². The molecule has 3 aromatic rings. The summed E-state index contributed by atoms with van der Waals surface area (Å²) < 4.78 is 12.2. The van der Waals surface area contributed by atoms with Crippen molar-refractivity contribution in [2.75, 3.05) is 13.2 Å². The number of hydrogen-bond acceptors (Lipinski definition) is 6. The Bertz CT molecular complexity index is 1280. The molecule has 0 aliphatic carbocycles. The van der Waals surface area contributed by atoms with E-state index in [9.17, 15) is 9.59 Å². The molecule has 0 aromatic heterocycles. The predicted octanol–water partition coefficient (Wildman–Crippen LogP) is 4.84. The molecule has 6 nitrogen and oxygen atoms in total. The Morgan fingerprint density at radius 2 is 1.03 bits per heavy atom. The zero-order chi connectivity index (χ0) is 26.8. The predicted molar refractivity (Wildman–Crippen MR) is 151 cm³/mol. The van der Waals surface area contributed by atoms with Gasteiger partial charge in [-0.3, -0.25) is 9.59 Å². The van der Waals surface area contributed by atoms with Crippen LogP contribution in [0, 0.1) is 11.8 Å². The first-order valence-corrected chi connectivity index (χ1v) is 13.6. The molecule has 2 aliphatic heterocycles. The molecule has 5 rings (SSSR count). The van der Waals surface area contributed by atoms with Gasteiger partial charge in [0.15, 0.2) is 11.8 Å².